The number of hydrogen-bond donors (Lipinski definition) is 2. The molecule has 0 unspecified atom stereocenters. The van der Waals surface area contributed by atoms with Gasteiger partial charge in [0.15, 0.2) is 5.17 Å². The molecule has 0 aromatic heterocycles. The zero-order chi connectivity index (χ0) is 13.8. The summed E-state index contributed by atoms with van der Waals surface area (Å²) in [6.07, 6.45) is 1.98. The molecule has 0 bridgehead atoms. The van der Waals surface area contributed by atoms with Gasteiger partial charge in [0.1, 0.15) is 0 Å². The first-order chi connectivity index (χ1) is 8.39. The fraction of sp³-hybridized carbons (Fsp3) is 0.500. The minimum atomic E-state index is -0.456. The Morgan fingerprint density at radius 2 is 1.89 bits per heavy atom. The van der Waals surface area contributed by atoms with E-state index in [1.807, 2.05) is 26.2 Å². The Morgan fingerprint density at radius 3 is 2.33 bits per heavy atom. The number of aliphatic hydroxyl groups is 1. The molecule has 0 saturated carbocycles. The van der Waals surface area contributed by atoms with Gasteiger partial charge in [0.25, 0.3) is 0 Å². The van der Waals surface area contributed by atoms with Crippen LogP contribution in [0.3, 0.4) is 0 Å². The van der Waals surface area contributed by atoms with Crippen LogP contribution in [-0.2, 0) is 0 Å². The third-order valence-corrected chi connectivity index (χ3v) is 3.28. The van der Waals surface area contributed by atoms with Crippen LogP contribution in [0, 0.1) is 13.8 Å². The van der Waals surface area contributed by atoms with Gasteiger partial charge < -0.3 is 10.4 Å². The van der Waals surface area contributed by atoms with Crippen LogP contribution in [0.2, 0.25) is 0 Å². The number of amidine groups is 1. The van der Waals surface area contributed by atoms with E-state index in [-0.39, 0.29) is 6.61 Å². The molecule has 0 saturated heterocycles. The zero-order valence-electron chi connectivity index (χ0n) is 11.7. The SMILES string of the molecule is CSC(=NC(C)(C)CO)Nc1c(C)cccc1C. The minimum absolute atomic E-state index is 0.0332. The van der Waals surface area contributed by atoms with Crippen molar-refractivity contribution in [2.75, 3.05) is 18.2 Å². The van der Waals surface area contributed by atoms with Gasteiger partial charge in [0, 0.05) is 5.69 Å². The predicted molar refractivity (Wildman–Crippen MR) is 81.7 cm³/mol. The summed E-state index contributed by atoms with van der Waals surface area (Å²) in [6.45, 7) is 8.01. The lowest BCUT2D eigenvalue weighted by molar-refractivity contribution is 0.223. The smallest absolute Gasteiger partial charge is 0.161 e. The Labute approximate surface area is 114 Å². The molecule has 0 aliphatic rings. The van der Waals surface area contributed by atoms with Gasteiger partial charge in [-0.1, -0.05) is 30.0 Å². The molecule has 0 spiro atoms. The van der Waals surface area contributed by atoms with Crippen LogP contribution in [0.1, 0.15) is 25.0 Å². The van der Waals surface area contributed by atoms with Crippen LogP contribution in [-0.4, -0.2) is 28.7 Å². The average Bonchev–Trinajstić information content (AvgIpc) is 2.32. The number of nitrogens with one attached hydrogen (secondary N) is 1. The van der Waals surface area contributed by atoms with Gasteiger partial charge in [0.05, 0.1) is 12.1 Å². The van der Waals surface area contributed by atoms with Crippen molar-refractivity contribution in [1.82, 2.24) is 0 Å². The second kappa shape index (κ2) is 6.25. The highest BCUT2D eigenvalue weighted by Gasteiger charge is 2.16. The fourth-order valence-corrected chi connectivity index (χ4v) is 2.10. The summed E-state index contributed by atoms with van der Waals surface area (Å²) >= 11 is 1.55. The average molecular weight is 266 g/mol. The summed E-state index contributed by atoms with van der Waals surface area (Å²) < 4.78 is 0. The molecular formula is C14H22N2OS. The van der Waals surface area contributed by atoms with Crippen LogP contribution in [0.5, 0.6) is 0 Å². The van der Waals surface area contributed by atoms with E-state index in [1.54, 1.807) is 11.8 Å². The summed E-state index contributed by atoms with van der Waals surface area (Å²) in [5, 5.41) is 13.5. The number of thioether (sulfide) groups is 1. The van der Waals surface area contributed by atoms with Gasteiger partial charge in [-0.05, 0) is 45.1 Å². The van der Waals surface area contributed by atoms with E-state index < -0.39 is 5.54 Å². The molecule has 0 aliphatic carbocycles. The molecule has 100 valence electrons. The first-order valence-electron chi connectivity index (χ1n) is 5.97. The summed E-state index contributed by atoms with van der Waals surface area (Å²) in [5.41, 5.74) is 3.03. The summed E-state index contributed by atoms with van der Waals surface area (Å²) in [6, 6.07) is 6.19. The number of aryl methyl sites for hydroxylation is 2. The molecule has 3 nitrogen and oxygen atoms in total. The van der Waals surface area contributed by atoms with Crippen molar-refractivity contribution >= 4 is 22.6 Å². The van der Waals surface area contributed by atoms with Crippen LogP contribution >= 0.6 is 11.8 Å². The van der Waals surface area contributed by atoms with Crippen molar-refractivity contribution in [3.63, 3.8) is 0 Å². The van der Waals surface area contributed by atoms with E-state index in [0.717, 1.165) is 10.9 Å². The number of nitrogens with zero attached hydrogens (tertiary/aromatic N) is 1. The first kappa shape index (κ1) is 15.1. The van der Waals surface area contributed by atoms with Crippen molar-refractivity contribution in [1.29, 1.82) is 0 Å². The van der Waals surface area contributed by atoms with E-state index in [9.17, 15) is 5.11 Å². The zero-order valence-corrected chi connectivity index (χ0v) is 12.6. The molecule has 4 heteroatoms. The minimum Gasteiger partial charge on any atom is -0.394 e. The van der Waals surface area contributed by atoms with Crippen molar-refractivity contribution < 1.29 is 5.11 Å². The predicted octanol–water partition coefficient (Wildman–Crippen LogP) is 3.21. The molecule has 0 heterocycles. The quantitative estimate of drug-likeness (QED) is 0.652. The maximum absolute atomic E-state index is 9.27. The number of benzene rings is 1. The van der Waals surface area contributed by atoms with E-state index in [4.69, 9.17) is 0 Å². The normalized spacial score (nSPS) is 12.7. The molecular weight excluding hydrogens is 244 g/mol. The number of aliphatic imine (C=N–C) groups is 1. The number of rotatable bonds is 3. The fourth-order valence-electron chi connectivity index (χ4n) is 1.55. The number of anilines is 1. The van der Waals surface area contributed by atoms with Gasteiger partial charge in [0.2, 0.25) is 0 Å². The lowest BCUT2D eigenvalue weighted by atomic mass is 10.1. The summed E-state index contributed by atoms with van der Waals surface area (Å²) in [5.74, 6) is 0. The van der Waals surface area contributed by atoms with Crippen molar-refractivity contribution in [3.8, 4) is 0 Å². The Hall–Kier alpha value is -1.00. The molecule has 0 amide bonds. The van der Waals surface area contributed by atoms with Crippen molar-refractivity contribution in [2.24, 2.45) is 4.99 Å². The standard InChI is InChI=1S/C14H22N2OS/c1-10-7-6-8-11(2)12(10)15-13(18-5)16-14(3,4)9-17/h6-8,17H,9H2,1-5H3,(H,15,16). The number of aliphatic hydroxyl groups excluding tert-OH is 1. The monoisotopic (exact) mass is 266 g/mol. The highest BCUT2D eigenvalue weighted by molar-refractivity contribution is 8.13. The molecule has 2 N–H and O–H groups in total. The number of hydrogen-bond acceptors (Lipinski definition) is 3. The number of para-hydroxylation sites is 1. The van der Waals surface area contributed by atoms with Crippen LogP contribution < -0.4 is 5.32 Å². The van der Waals surface area contributed by atoms with Crippen LogP contribution in [0.4, 0.5) is 5.69 Å². The molecule has 0 fully saturated rings. The van der Waals surface area contributed by atoms with Gasteiger partial charge in [-0.25, -0.2) is 0 Å². The maximum Gasteiger partial charge on any atom is 0.161 e. The third kappa shape index (κ3) is 4.03. The van der Waals surface area contributed by atoms with Crippen LogP contribution in [0.25, 0.3) is 0 Å². The third-order valence-electron chi connectivity index (χ3n) is 2.70. The molecule has 0 atom stereocenters. The molecule has 18 heavy (non-hydrogen) atoms. The lowest BCUT2D eigenvalue weighted by Gasteiger charge is -2.20. The van der Waals surface area contributed by atoms with Crippen molar-refractivity contribution in [3.05, 3.63) is 29.3 Å². The molecule has 0 aliphatic heterocycles. The van der Waals surface area contributed by atoms with Crippen LogP contribution in [0.15, 0.2) is 23.2 Å². The van der Waals surface area contributed by atoms with Crippen molar-refractivity contribution in [2.45, 2.75) is 33.2 Å². The topological polar surface area (TPSA) is 44.6 Å². The molecule has 1 aromatic rings. The summed E-state index contributed by atoms with van der Waals surface area (Å²) in [4.78, 5) is 4.54. The van der Waals surface area contributed by atoms with E-state index in [1.165, 1.54) is 11.1 Å². The Kier molecular flexibility index (Phi) is 5.23. The Balaban J connectivity index is 3.00. The van der Waals surface area contributed by atoms with Gasteiger partial charge in [-0.2, -0.15) is 0 Å². The summed E-state index contributed by atoms with van der Waals surface area (Å²) in [7, 11) is 0. The van der Waals surface area contributed by atoms with Gasteiger partial charge >= 0.3 is 0 Å². The highest BCUT2D eigenvalue weighted by Crippen LogP contribution is 2.22. The van der Waals surface area contributed by atoms with E-state index in [0.29, 0.717) is 0 Å². The largest absolute Gasteiger partial charge is 0.394 e. The lowest BCUT2D eigenvalue weighted by Crippen LogP contribution is -2.25. The highest BCUT2D eigenvalue weighted by atomic mass is 32.2. The Bertz CT molecular complexity index is 421. The second-order valence-electron chi connectivity index (χ2n) is 4.98. The van der Waals surface area contributed by atoms with E-state index >= 15 is 0 Å². The molecule has 1 aromatic carbocycles. The molecule has 1 rings (SSSR count). The maximum atomic E-state index is 9.27. The second-order valence-corrected chi connectivity index (χ2v) is 5.78. The first-order valence-corrected chi connectivity index (χ1v) is 7.20. The van der Waals surface area contributed by atoms with Gasteiger partial charge in [-0.15, -0.1) is 0 Å². The Morgan fingerprint density at radius 1 is 1.33 bits per heavy atom. The van der Waals surface area contributed by atoms with E-state index in [2.05, 4.69) is 36.3 Å². The van der Waals surface area contributed by atoms with Gasteiger partial charge in [-0.3, -0.25) is 4.99 Å². The molecule has 0 radical (unpaired) electrons.